The molecule has 0 aromatic carbocycles. The summed E-state index contributed by atoms with van der Waals surface area (Å²) in [6.45, 7) is 27.9. The first-order chi connectivity index (χ1) is 11.8. The van der Waals surface area contributed by atoms with Gasteiger partial charge in [0.2, 0.25) is 0 Å². The molecule has 0 aliphatic rings. The zero-order valence-corrected chi connectivity index (χ0v) is 21.2. The molecule has 3 heteroatoms. The smallest absolute Gasteiger partial charge is 0.0807 e. The summed E-state index contributed by atoms with van der Waals surface area (Å²) in [5.74, 6) is 0. The van der Waals surface area contributed by atoms with Crippen LogP contribution in [-0.2, 0) is 9.47 Å². The number of likely N-dealkylation sites (N-methyl/N-ethyl adjacent to an activating group) is 1. The largest absolute Gasteiger partial charge is 0.375 e. The van der Waals surface area contributed by atoms with Crippen molar-refractivity contribution in [3.05, 3.63) is 0 Å². The highest BCUT2D eigenvalue weighted by Gasteiger charge is 2.44. The molecular formula is C24H51NO2. The van der Waals surface area contributed by atoms with E-state index >= 15 is 0 Å². The summed E-state index contributed by atoms with van der Waals surface area (Å²) >= 11 is 0. The predicted molar refractivity (Wildman–Crippen MR) is 120 cm³/mol. The maximum absolute atomic E-state index is 6.57. The van der Waals surface area contributed by atoms with Crippen molar-refractivity contribution in [2.24, 2.45) is 10.8 Å². The molecular weight excluding hydrogens is 334 g/mol. The third-order valence-electron chi connectivity index (χ3n) is 7.71. The van der Waals surface area contributed by atoms with Crippen molar-refractivity contribution in [3.8, 4) is 0 Å². The molecule has 0 aliphatic heterocycles. The standard InChI is InChI=1S/C24H51NO2/c1-15-20(3,4)16-17-26-23(9,10)21(5,6)18-19(2)27-24(11,12)22(7,8)25(13)14/h19H,15-18H2,1-14H3. The molecule has 1 unspecified atom stereocenters. The lowest BCUT2D eigenvalue weighted by Crippen LogP contribution is -2.57. The van der Waals surface area contributed by atoms with Gasteiger partial charge in [-0.2, -0.15) is 0 Å². The lowest BCUT2D eigenvalue weighted by atomic mass is 9.73. The summed E-state index contributed by atoms with van der Waals surface area (Å²) < 4.78 is 13.0. The molecule has 0 N–H and O–H groups in total. The molecule has 164 valence electrons. The van der Waals surface area contributed by atoms with Gasteiger partial charge >= 0.3 is 0 Å². The van der Waals surface area contributed by atoms with E-state index in [1.165, 1.54) is 6.42 Å². The molecule has 0 bridgehead atoms. The van der Waals surface area contributed by atoms with Gasteiger partial charge in [-0.15, -0.1) is 0 Å². The quantitative estimate of drug-likeness (QED) is 0.380. The summed E-state index contributed by atoms with van der Waals surface area (Å²) in [7, 11) is 4.24. The van der Waals surface area contributed by atoms with Crippen LogP contribution in [0.25, 0.3) is 0 Å². The number of rotatable bonds is 12. The fourth-order valence-electron chi connectivity index (χ4n) is 3.15. The van der Waals surface area contributed by atoms with E-state index in [2.05, 4.69) is 102 Å². The van der Waals surface area contributed by atoms with Crippen LogP contribution in [0, 0.1) is 10.8 Å². The van der Waals surface area contributed by atoms with Gasteiger partial charge in [0.05, 0.1) is 17.3 Å². The van der Waals surface area contributed by atoms with Crippen molar-refractivity contribution in [3.63, 3.8) is 0 Å². The van der Waals surface area contributed by atoms with E-state index in [9.17, 15) is 0 Å². The van der Waals surface area contributed by atoms with Crippen LogP contribution in [0.4, 0.5) is 0 Å². The van der Waals surface area contributed by atoms with Gasteiger partial charge in [-0.05, 0) is 86.2 Å². The summed E-state index contributed by atoms with van der Waals surface area (Å²) in [6.07, 6.45) is 3.40. The second-order valence-electron chi connectivity index (χ2n) is 11.6. The van der Waals surface area contributed by atoms with Crippen molar-refractivity contribution >= 4 is 0 Å². The normalized spacial score (nSPS) is 16.1. The number of ether oxygens (including phenoxy) is 2. The van der Waals surface area contributed by atoms with E-state index in [1.807, 2.05) is 0 Å². The number of hydrogen-bond donors (Lipinski definition) is 0. The summed E-state index contributed by atoms with van der Waals surface area (Å²) in [5.41, 5.74) is -0.138. The fourth-order valence-corrected chi connectivity index (χ4v) is 3.15. The van der Waals surface area contributed by atoms with E-state index in [0.717, 1.165) is 19.4 Å². The molecule has 0 amide bonds. The van der Waals surface area contributed by atoms with Crippen LogP contribution in [0.5, 0.6) is 0 Å². The van der Waals surface area contributed by atoms with Gasteiger partial charge in [-0.1, -0.05) is 41.0 Å². The minimum absolute atomic E-state index is 0.0150. The summed E-state index contributed by atoms with van der Waals surface area (Å²) in [5, 5.41) is 0. The van der Waals surface area contributed by atoms with Gasteiger partial charge < -0.3 is 14.4 Å². The van der Waals surface area contributed by atoms with E-state index in [-0.39, 0.29) is 28.3 Å². The highest BCUT2D eigenvalue weighted by Crippen LogP contribution is 2.41. The van der Waals surface area contributed by atoms with E-state index in [0.29, 0.717) is 5.41 Å². The van der Waals surface area contributed by atoms with Crippen molar-refractivity contribution in [2.45, 2.75) is 125 Å². The van der Waals surface area contributed by atoms with E-state index in [4.69, 9.17) is 9.47 Å². The van der Waals surface area contributed by atoms with Crippen LogP contribution >= 0.6 is 0 Å². The second kappa shape index (κ2) is 9.13. The Morgan fingerprint density at radius 3 is 1.70 bits per heavy atom. The third-order valence-corrected chi connectivity index (χ3v) is 7.71. The third kappa shape index (κ3) is 7.33. The molecule has 0 fully saturated rings. The molecule has 0 aromatic rings. The maximum atomic E-state index is 6.57. The number of hydrogen-bond acceptors (Lipinski definition) is 3. The molecule has 0 aliphatic carbocycles. The Kier molecular flexibility index (Phi) is 9.09. The SMILES string of the molecule is CCC(C)(C)CCOC(C)(C)C(C)(C)CC(C)OC(C)(C)C(C)(C)N(C)C. The first-order valence-electron chi connectivity index (χ1n) is 10.8. The molecule has 0 heterocycles. The lowest BCUT2D eigenvalue weighted by Gasteiger charge is -2.49. The monoisotopic (exact) mass is 385 g/mol. The Morgan fingerprint density at radius 2 is 1.30 bits per heavy atom. The van der Waals surface area contributed by atoms with Gasteiger partial charge in [0, 0.05) is 12.1 Å². The van der Waals surface area contributed by atoms with Crippen LogP contribution in [0.1, 0.15) is 102 Å². The Hall–Kier alpha value is -0.120. The van der Waals surface area contributed by atoms with Gasteiger partial charge in [0.25, 0.3) is 0 Å². The summed E-state index contributed by atoms with van der Waals surface area (Å²) in [6, 6.07) is 0. The van der Waals surface area contributed by atoms with Crippen molar-refractivity contribution in [1.29, 1.82) is 0 Å². The van der Waals surface area contributed by atoms with Gasteiger partial charge in [-0.25, -0.2) is 0 Å². The van der Waals surface area contributed by atoms with Crippen LogP contribution in [0.15, 0.2) is 0 Å². The second-order valence-corrected chi connectivity index (χ2v) is 11.6. The lowest BCUT2D eigenvalue weighted by molar-refractivity contribution is -0.165. The summed E-state index contributed by atoms with van der Waals surface area (Å²) in [4.78, 5) is 2.24. The van der Waals surface area contributed by atoms with Crippen molar-refractivity contribution in [2.75, 3.05) is 20.7 Å². The van der Waals surface area contributed by atoms with Gasteiger partial charge in [-0.3, -0.25) is 0 Å². The Bertz CT molecular complexity index is 447. The van der Waals surface area contributed by atoms with E-state index < -0.39 is 0 Å². The molecule has 1 atom stereocenters. The Labute approximate surface area is 171 Å². The van der Waals surface area contributed by atoms with Crippen molar-refractivity contribution < 1.29 is 9.47 Å². The minimum Gasteiger partial charge on any atom is -0.375 e. The van der Waals surface area contributed by atoms with Crippen LogP contribution in [0.2, 0.25) is 0 Å². The minimum atomic E-state index is -0.248. The average molecular weight is 386 g/mol. The maximum Gasteiger partial charge on any atom is 0.0807 e. The Morgan fingerprint density at radius 1 is 0.815 bits per heavy atom. The average Bonchev–Trinajstić information content (AvgIpc) is 2.44. The van der Waals surface area contributed by atoms with Crippen LogP contribution in [0.3, 0.4) is 0 Å². The van der Waals surface area contributed by atoms with Crippen molar-refractivity contribution in [1.82, 2.24) is 4.90 Å². The first kappa shape index (κ1) is 26.9. The zero-order valence-electron chi connectivity index (χ0n) is 21.2. The highest BCUT2D eigenvalue weighted by atomic mass is 16.5. The van der Waals surface area contributed by atoms with Crippen LogP contribution in [-0.4, -0.2) is 48.4 Å². The first-order valence-corrected chi connectivity index (χ1v) is 10.8. The van der Waals surface area contributed by atoms with Gasteiger partial charge in [0.15, 0.2) is 0 Å². The molecule has 0 rings (SSSR count). The van der Waals surface area contributed by atoms with Gasteiger partial charge in [0.1, 0.15) is 0 Å². The topological polar surface area (TPSA) is 21.7 Å². The fraction of sp³-hybridized carbons (Fsp3) is 1.00. The molecule has 0 radical (unpaired) electrons. The predicted octanol–water partition coefficient (Wildman–Crippen LogP) is 6.55. The molecule has 0 saturated heterocycles. The van der Waals surface area contributed by atoms with E-state index in [1.54, 1.807) is 0 Å². The molecule has 3 nitrogen and oxygen atoms in total. The Balaban J connectivity index is 4.97. The highest BCUT2D eigenvalue weighted by molar-refractivity contribution is 4.96. The molecule has 0 aromatic heterocycles. The number of nitrogens with zero attached hydrogens (tertiary/aromatic N) is 1. The molecule has 0 spiro atoms. The zero-order chi connectivity index (χ0) is 21.9. The molecule has 27 heavy (non-hydrogen) atoms. The molecule has 0 saturated carbocycles. The van der Waals surface area contributed by atoms with Crippen LogP contribution < -0.4 is 0 Å².